The minimum Gasteiger partial charge on any atom is -0.491 e. The van der Waals surface area contributed by atoms with Gasteiger partial charge < -0.3 is 14.1 Å². The van der Waals surface area contributed by atoms with E-state index < -0.39 is 33.9 Å². The maximum Gasteiger partial charge on any atom is 0.420 e. The number of carbonyl (C=O) groups excluding carboxylic acids is 2. The van der Waals surface area contributed by atoms with E-state index in [2.05, 4.69) is 0 Å². The number of oxazole rings is 1. The number of sulfonamides is 1. The average molecular weight is 491 g/mol. The normalized spacial score (nSPS) is 14.9. The summed E-state index contributed by atoms with van der Waals surface area (Å²) in [5.41, 5.74) is 0.286. The van der Waals surface area contributed by atoms with Gasteiger partial charge in [-0.2, -0.15) is 4.31 Å². The largest absolute Gasteiger partial charge is 0.491 e. The van der Waals surface area contributed by atoms with E-state index in [1.807, 2.05) is 0 Å². The summed E-state index contributed by atoms with van der Waals surface area (Å²) in [7, 11) is -3.87. The van der Waals surface area contributed by atoms with Crippen LogP contribution in [0.2, 0.25) is 0 Å². The lowest BCUT2D eigenvalue weighted by atomic mass is 10.1. The van der Waals surface area contributed by atoms with Crippen molar-refractivity contribution in [1.29, 1.82) is 0 Å². The van der Waals surface area contributed by atoms with E-state index in [1.54, 1.807) is 6.92 Å². The Kier molecular flexibility index (Phi) is 6.53. The Morgan fingerprint density at radius 3 is 2.53 bits per heavy atom. The van der Waals surface area contributed by atoms with Crippen molar-refractivity contribution in [1.82, 2.24) is 13.8 Å². The van der Waals surface area contributed by atoms with Gasteiger partial charge in [0.15, 0.2) is 22.9 Å². The Morgan fingerprint density at radius 2 is 1.88 bits per heavy atom. The summed E-state index contributed by atoms with van der Waals surface area (Å²) >= 11 is 0. The molecule has 4 rings (SSSR count). The maximum absolute atomic E-state index is 14.1. The molecule has 0 N–H and O–H groups in total. The second-order valence-corrected chi connectivity index (χ2v) is 9.57. The van der Waals surface area contributed by atoms with Crippen molar-refractivity contribution in [2.24, 2.45) is 0 Å². The highest BCUT2D eigenvalue weighted by atomic mass is 32.2. The average Bonchev–Trinajstić information content (AvgIpc) is 3.14. The van der Waals surface area contributed by atoms with Gasteiger partial charge in [-0.05, 0) is 37.3 Å². The number of amides is 1. The highest BCUT2D eigenvalue weighted by Gasteiger charge is 2.29. The first-order valence-corrected chi connectivity index (χ1v) is 12.0. The van der Waals surface area contributed by atoms with E-state index in [9.17, 15) is 27.2 Å². The molecule has 0 spiro atoms. The lowest BCUT2D eigenvalue weighted by Crippen LogP contribution is -2.47. The molecule has 0 unspecified atom stereocenters. The van der Waals surface area contributed by atoms with E-state index in [0.717, 1.165) is 10.6 Å². The van der Waals surface area contributed by atoms with Crippen LogP contribution < -0.4 is 10.5 Å². The van der Waals surface area contributed by atoms with Crippen molar-refractivity contribution in [2.75, 3.05) is 32.8 Å². The van der Waals surface area contributed by atoms with Gasteiger partial charge in [0.05, 0.1) is 23.6 Å². The zero-order valence-corrected chi connectivity index (χ0v) is 19.1. The molecule has 0 radical (unpaired) electrons. The number of hydrogen-bond donors (Lipinski definition) is 0. The van der Waals surface area contributed by atoms with Gasteiger partial charge in [-0.25, -0.2) is 17.6 Å². The molecule has 0 atom stereocenters. The molecular weight excluding hydrogens is 469 g/mol. The monoisotopic (exact) mass is 491 g/mol. The highest BCUT2D eigenvalue weighted by Crippen LogP contribution is 2.23. The summed E-state index contributed by atoms with van der Waals surface area (Å²) in [6, 6.07) is 7.73. The summed E-state index contributed by atoms with van der Waals surface area (Å²) in [5, 5.41) is 0. The Morgan fingerprint density at radius 1 is 1.15 bits per heavy atom. The van der Waals surface area contributed by atoms with Gasteiger partial charge in [-0.15, -0.1) is 0 Å². The molecule has 1 aliphatic rings. The smallest absolute Gasteiger partial charge is 0.420 e. The first kappa shape index (κ1) is 23.6. The molecule has 1 aromatic heterocycles. The second kappa shape index (κ2) is 9.39. The number of hydrogen-bond acceptors (Lipinski definition) is 7. The molecule has 0 bridgehead atoms. The van der Waals surface area contributed by atoms with Crippen LogP contribution in [0, 0.1) is 5.82 Å². The number of fused-ring (bicyclic) bond motifs is 1. The van der Waals surface area contributed by atoms with Crippen LogP contribution in [0.25, 0.3) is 11.1 Å². The molecule has 1 aliphatic heterocycles. The number of nitrogens with zero attached hydrogens (tertiary/aromatic N) is 3. The fourth-order valence-electron chi connectivity index (χ4n) is 3.74. The number of piperazine rings is 1. The number of benzene rings is 2. The van der Waals surface area contributed by atoms with Gasteiger partial charge in [-0.1, -0.05) is 0 Å². The van der Waals surface area contributed by atoms with Crippen molar-refractivity contribution < 1.29 is 31.6 Å². The minimum atomic E-state index is -3.87. The highest BCUT2D eigenvalue weighted by molar-refractivity contribution is 7.89. The number of ketones is 1. The molecule has 2 aromatic carbocycles. The first-order chi connectivity index (χ1) is 16.2. The van der Waals surface area contributed by atoms with Gasteiger partial charge >= 0.3 is 5.76 Å². The summed E-state index contributed by atoms with van der Waals surface area (Å²) in [6.45, 7) is 2.43. The van der Waals surface area contributed by atoms with Crippen LogP contribution >= 0.6 is 0 Å². The third-order valence-electron chi connectivity index (χ3n) is 5.56. The molecule has 3 aromatic rings. The van der Waals surface area contributed by atoms with Crippen LogP contribution in [0.4, 0.5) is 4.39 Å². The predicted octanol–water partition coefficient (Wildman–Crippen LogP) is 1.48. The standard InChI is InChI=1S/C22H22FN3O7S/c1-2-32-20-6-3-15(11-17(20)23)19(28)13-26-18-5-4-16(12-21(18)33-22(26)29)34(30,31)25-9-7-24(14-27)8-10-25/h3-6,11-12,14H,2,7-10,13H2,1H3. The molecule has 1 fully saturated rings. The Labute approximate surface area is 194 Å². The first-order valence-electron chi connectivity index (χ1n) is 10.5. The van der Waals surface area contributed by atoms with E-state index in [4.69, 9.17) is 9.15 Å². The lowest BCUT2D eigenvalue weighted by molar-refractivity contribution is -0.119. The SMILES string of the molecule is CCOc1ccc(C(=O)Cn2c(=O)oc3cc(S(=O)(=O)N4CCN(C=O)CC4)ccc32)cc1F. The van der Waals surface area contributed by atoms with Gasteiger partial charge in [-0.3, -0.25) is 14.2 Å². The lowest BCUT2D eigenvalue weighted by Gasteiger charge is -2.31. The zero-order valence-electron chi connectivity index (χ0n) is 18.3. The van der Waals surface area contributed by atoms with Crippen LogP contribution in [-0.2, 0) is 21.4 Å². The predicted molar refractivity (Wildman–Crippen MR) is 119 cm³/mol. The van der Waals surface area contributed by atoms with Gasteiger partial charge in [0.2, 0.25) is 16.4 Å². The number of halogens is 1. The van der Waals surface area contributed by atoms with Crippen molar-refractivity contribution in [3.8, 4) is 5.75 Å². The van der Waals surface area contributed by atoms with Crippen molar-refractivity contribution >= 4 is 33.3 Å². The molecule has 0 aliphatic carbocycles. The molecule has 1 amide bonds. The minimum absolute atomic E-state index is 0.00303. The topological polar surface area (TPSA) is 119 Å². The second-order valence-electron chi connectivity index (χ2n) is 7.63. The van der Waals surface area contributed by atoms with E-state index in [1.165, 1.54) is 39.5 Å². The van der Waals surface area contributed by atoms with E-state index >= 15 is 0 Å². The third-order valence-corrected chi connectivity index (χ3v) is 7.45. The van der Waals surface area contributed by atoms with Crippen LogP contribution in [0.1, 0.15) is 17.3 Å². The molecule has 34 heavy (non-hydrogen) atoms. The molecule has 0 saturated carbocycles. The summed E-state index contributed by atoms with van der Waals surface area (Å²) in [6.07, 6.45) is 0.677. The van der Waals surface area contributed by atoms with Crippen LogP contribution in [-0.4, -0.2) is 67.2 Å². The number of rotatable bonds is 8. The van der Waals surface area contributed by atoms with E-state index in [-0.39, 0.29) is 60.1 Å². The molecule has 2 heterocycles. The Bertz CT molecular complexity index is 1410. The van der Waals surface area contributed by atoms with E-state index in [0.29, 0.717) is 6.41 Å². The number of Topliss-reactive ketones (excluding diaryl/α,β-unsaturated/α-hetero) is 1. The molecular formula is C22H22FN3O7S. The van der Waals surface area contributed by atoms with Crippen molar-refractivity contribution in [2.45, 2.75) is 18.4 Å². The fraction of sp³-hybridized carbons (Fsp3) is 0.318. The molecule has 180 valence electrons. The molecule has 1 saturated heterocycles. The zero-order chi connectivity index (χ0) is 24.5. The number of aromatic nitrogens is 1. The Hall–Kier alpha value is -3.51. The molecule has 12 heteroatoms. The van der Waals surface area contributed by atoms with Crippen LogP contribution in [0.3, 0.4) is 0 Å². The summed E-state index contributed by atoms with van der Waals surface area (Å²) in [5.74, 6) is -2.05. The van der Waals surface area contributed by atoms with Crippen molar-refractivity contribution in [3.63, 3.8) is 0 Å². The summed E-state index contributed by atoms with van der Waals surface area (Å²) < 4.78 is 52.7. The third kappa shape index (κ3) is 4.46. The summed E-state index contributed by atoms with van der Waals surface area (Å²) in [4.78, 5) is 37.3. The maximum atomic E-state index is 14.1. The Balaban J connectivity index is 1.58. The number of carbonyl (C=O) groups is 2. The number of ether oxygens (including phenoxy) is 1. The van der Waals surface area contributed by atoms with Crippen LogP contribution in [0.5, 0.6) is 5.75 Å². The molecule has 10 nitrogen and oxygen atoms in total. The van der Waals surface area contributed by atoms with Crippen molar-refractivity contribution in [3.05, 3.63) is 58.3 Å². The fourth-order valence-corrected chi connectivity index (χ4v) is 5.18. The van der Waals surface area contributed by atoms with Gasteiger partial charge in [0, 0.05) is 37.8 Å². The quantitative estimate of drug-likeness (QED) is 0.346. The van der Waals surface area contributed by atoms with Crippen LogP contribution in [0.15, 0.2) is 50.5 Å². The van der Waals surface area contributed by atoms with Gasteiger partial charge in [0.25, 0.3) is 0 Å². The van der Waals surface area contributed by atoms with Gasteiger partial charge in [0.1, 0.15) is 0 Å².